The first-order chi connectivity index (χ1) is 17.0. The molecule has 2 aromatic heterocycles. The third kappa shape index (κ3) is 4.59. The van der Waals surface area contributed by atoms with Crippen molar-refractivity contribution in [1.29, 1.82) is 0 Å². The van der Waals surface area contributed by atoms with Crippen LogP contribution in [-0.4, -0.2) is 53.8 Å². The molecule has 0 N–H and O–H groups in total. The fraction of sp³-hybridized carbons (Fsp3) is 0.259. The third-order valence-electron chi connectivity index (χ3n) is 6.14. The summed E-state index contributed by atoms with van der Waals surface area (Å²) < 4.78 is 11.0. The Morgan fingerprint density at radius 2 is 1.77 bits per heavy atom. The zero-order valence-electron chi connectivity index (χ0n) is 19.7. The molecule has 0 aliphatic carbocycles. The number of fused-ring (bicyclic) bond motifs is 1. The number of para-hydroxylation sites is 1. The van der Waals surface area contributed by atoms with Gasteiger partial charge in [-0.3, -0.25) is 4.79 Å². The number of carbonyl (C=O) groups is 1. The van der Waals surface area contributed by atoms with Crippen LogP contribution in [0.25, 0.3) is 22.2 Å². The summed E-state index contributed by atoms with van der Waals surface area (Å²) in [5, 5.41) is 9.43. The number of hydrogen-bond donors (Lipinski definition) is 0. The van der Waals surface area contributed by atoms with Crippen LogP contribution in [-0.2, 0) is 0 Å². The maximum Gasteiger partial charge on any atom is 0.349 e. The Morgan fingerprint density at radius 1 is 1.00 bits per heavy atom. The Bertz CT molecular complexity index is 1410. The fourth-order valence-corrected chi connectivity index (χ4v) is 4.22. The van der Waals surface area contributed by atoms with Crippen molar-refractivity contribution >= 4 is 22.7 Å². The van der Waals surface area contributed by atoms with E-state index in [0.29, 0.717) is 49.5 Å². The van der Waals surface area contributed by atoms with Gasteiger partial charge in [-0.2, -0.15) is 0 Å². The van der Waals surface area contributed by atoms with Gasteiger partial charge >= 0.3 is 5.63 Å². The Kier molecular flexibility index (Phi) is 6.18. The van der Waals surface area contributed by atoms with Crippen LogP contribution < -0.4 is 15.3 Å². The van der Waals surface area contributed by atoms with Gasteiger partial charge in [0, 0.05) is 37.1 Å². The maximum absolute atomic E-state index is 13.1. The molecule has 8 nitrogen and oxygen atoms in total. The second-order valence-corrected chi connectivity index (χ2v) is 8.48. The second kappa shape index (κ2) is 9.58. The number of benzene rings is 2. The van der Waals surface area contributed by atoms with Gasteiger partial charge in [-0.15, -0.1) is 10.2 Å². The van der Waals surface area contributed by atoms with Crippen molar-refractivity contribution in [2.75, 3.05) is 37.7 Å². The lowest BCUT2D eigenvalue weighted by Gasteiger charge is -2.35. The summed E-state index contributed by atoms with van der Waals surface area (Å²) in [7, 11) is 0. The first-order valence-corrected chi connectivity index (χ1v) is 11.7. The molecule has 1 aliphatic rings. The summed E-state index contributed by atoms with van der Waals surface area (Å²) in [4.78, 5) is 29.5. The Hall–Kier alpha value is -4.20. The number of aryl methyl sites for hydroxylation is 1. The SMILES string of the molecule is CCOc1cccc2cc(C(=O)N3CCN(c4ccc(-c5ccc(C)cc5)nn4)CC3)c(=O)oc12. The van der Waals surface area contributed by atoms with Crippen LogP contribution >= 0.6 is 0 Å². The second-order valence-electron chi connectivity index (χ2n) is 8.48. The highest BCUT2D eigenvalue weighted by atomic mass is 16.5. The number of aromatic nitrogens is 2. The highest BCUT2D eigenvalue weighted by molar-refractivity contribution is 5.97. The number of hydrogen-bond acceptors (Lipinski definition) is 7. The summed E-state index contributed by atoms with van der Waals surface area (Å²) in [5.41, 5.74) is 2.76. The highest BCUT2D eigenvalue weighted by Crippen LogP contribution is 2.25. The average Bonchev–Trinajstić information content (AvgIpc) is 2.89. The first-order valence-electron chi connectivity index (χ1n) is 11.7. The van der Waals surface area contributed by atoms with Crippen LogP contribution in [0.1, 0.15) is 22.8 Å². The van der Waals surface area contributed by atoms with E-state index in [0.717, 1.165) is 17.1 Å². The number of rotatable bonds is 5. The highest BCUT2D eigenvalue weighted by Gasteiger charge is 2.26. The lowest BCUT2D eigenvalue weighted by molar-refractivity contribution is 0.0742. The molecule has 1 saturated heterocycles. The molecule has 0 atom stereocenters. The monoisotopic (exact) mass is 470 g/mol. The van der Waals surface area contributed by atoms with Crippen LogP contribution in [0.5, 0.6) is 5.75 Å². The minimum atomic E-state index is -0.658. The zero-order valence-corrected chi connectivity index (χ0v) is 19.7. The van der Waals surface area contributed by atoms with Crippen LogP contribution in [0.15, 0.2) is 69.9 Å². The molecule has 35 heavy (non-hydrogen) atoms. The lowest BCUT2D eigenvalue weighted by atomic mass is 10.1. The number of carbonyl (C=O) groups excluding carboxylic acids is 1. The smallest absolute Gasteiger partial charge is 0.349 e. The standard InChI is InChI=1S/C27H26N4O4/c1-3-34-23-6-4-5-20-17-21(27(33)35-25(20)23)26(32)31-15-13-30(14-16-31)24-12-11-22(28-29-24)19-9-7-18(2)8-10-19/h4-12,17H,3,13-16H2,1-2H3. The van der Waals surface area contributed by atoms with Gasteiger partial charge in [0.2, 0.25) is 0 Å². The van der Waals surface area contributed by atoms with Gasteiger partial charge < -0.3 is 19.0 Å². The molecule has 5 rings (SSSR count). The predicted octanol–water partition coefficient (Wildman–Crippen LogP) is 3.92. The molecule has 0 radical (unpaired) electrons. The Morgan fingerprint density at radius 3 is 2.46 bits per heavy atom. The van der Waals surface area contributed by atoms with Gasteiger partial charge in [0.15, 0.2) is 17.2 Å². The normalized spacial score (nSPS) is 13.8. The van der Waals surface area contributed by atoms with E-state index in [1.54, 1.807) is 23.1 Å². The van der Waals surface area contributed by atoms with Crippen molar-refractivity contribution in [3.05, 3.63) is 82.2 Å². The van der Waals surface area contributed by atoms with E-state index >= 15 is 0 Å². The number of anilines is 1. The zero-order chi connectivity index (χ0) is 24.4. The molecule has 2 aromatic carbocycles. The summed E-state index contributed by atoms with van der Waals surface area (Å²) in [6.45, 7) is 6.49. The average molecular weight is 471 g/mol. The van der Waals surface area contributed by atoms with Crippen LogP contribution in [0.4, 0.5) is 5.82 Å². The number of piperazine rings is 1. The van der Waals surface area contributed by atoms with Crippen LogP contribution in [0, 0.1) is 6.92 Å². The van der Waals surface area contributed by atoms with Gasteiger partial charge in [0.1, 0.15) is 5.56 Å². The quantitative estimate of drug-likeness (QED) is 0.409. The van der Waals surface area contributed by atoms with Gasteiger partial charge in [0.25, 0.3) is 5.91 Å². The topological polar surface area (TPSA) is 88.8 Å². The van der Waals surface area contributed by atoms with E-state index in [1.165, 1.54) is 5.56 Å². The van der Waals surface area contributed by atoms with Crippen molar-refractivity contribution < 1.29 is 13.9 Å². The van der Waals surface area contributed by atoms with Crippen molar-refractivity contribution in [2.24, 2.45) is 0 Å². The minimum absolute atomic E-state index is 0.0295. The molecule has 1 amide bonds. The molecule has 0 spiro atoms. The molecule has 178 valence electrons. The molecule has 3 heterocycles. The fourth-order valence-electron chi connectivity index (χ4n) is 4.22. The van der Waals surface area contributed by atoms with E-state index in [9.17, 15) is 9.59 Å². The number of amides is 1. The van der Waals surface area contributed by atoms with E-state index in [4.69, 9.17) is 9.15 Å². The molecule has 1 aliphatic heterocycles. The Labute approximate surface area is 202 Å². The predicted molar refractivity (Wildman–Crippen MR) is 134 cm³/mol. The van der Waals surface area contributed by atoms with E-state index in [-0.39, 0.29) is 11.5 Å². The molecule has 1 fully saturated rings. The summed E-state index contributed by atoms with van der Waals surface area (Å²) in [6.07, 6.45) is 0. The first kappa shape index (κ1) is 22.6. The minimum Gasteiger partial charge on any atom is -0.490 e. The van der Waals surface area contributed by atoms with Gasteiger partial charge in [-0.1, -0.05) is 42.0 Å². The van der Waals surface area contributed by atoms with Gasteiger partial charge in [-0.05, 0) is 38.1 Å². The van der Waals surface area contributed by atoms with Crippen molar-refractivity contribution in [3.63, 3.8) is 0 Å². The maximum atomic E-state index is 13.1. The molecule has 0 saturated carbocycles. The summed E-state index contributed by atoms with van der Waals surface area (Å²) in [6, 6.07) is 19.0. The lowest BCUT2D eigenvalue weighted by Crippen LogP contribution is -2.49. The third-order valence-corrected chi connectivity index (χ3v) is 6.14. The van der Waals surface area contributed by atoms with Crippen LogP contribution in [0.3, 0.4) is 0 Å². The largest absolute Gasteiger partial charge is 0.490 e. The number of nitrogens with zero attached hydrogens (tertiary/aromatic N) is 4. The molecule has 0 bridgehead atoms. The molecule has 8 heteroatoms. The van der Waals surface area contributed by atoms with E-state index in [2.05, 4.69) is 27.2 Å². The van der Waals surface area contributed by atoms with Crippen molar-refractivity contribution in [3.8, 4) is 17.0 Å². The molecular weight excluding hydrogens is 444 g/mol. The molecule has 0 unspecified atom stereocenters. The number of ether oxygens (including phenoxy) is 1. The van der Waals surface area contributed by atoms with Crippen LogP contribution in [0.2, 0.25) is 0 Å². The molecular formula is C27H26N4O4. The Balaban J connectivity index is 1.27. The van der Waals surface area contributed by atoms with Gasteiger partial charge in [-0.25, -0.2) is 4.79 Å². The van der Waals surface area contributed by atoms with E-state index in [1.807, 2.05) is 44.2 Å². The molecule has 4 aromatic rings. The van der Waals surface area contributed by atoms with Crippen molar-refractivity contribution in [1.82, 2.24) is 15.1 Å². The van der Waals surface area contributed by atoms with Gasteiger partial charge in [0.05, 0.1) is 12.3 Å². The van der Waals surface area contributed by atoms with Crippen molar-refractivity contribution in [2.45, 2.75) is 13.8 Å². The summed E-state index contributed by atoms with van der Waals surface area (Å²) >= 11 is 0. The summed E-state index contributed by atoms with van der Waals surface area (Å²) in [5.74, 6) is 0.925. The van der Waals surface area contributed by atoms with E-state index < -0.39 is 5.63 Å².